The molecule has 0 bridgehead atoms. The zero-order valence-corrected chi connectivity index (χ0v) is 15.8. The predicted octanol–water partition coefficient (Wildman–Crippen LogP) is 2.98. The van der Waals surface area contributed by atoms with Gasteiger partial charge in [0.25, 0.3) is 5.91 Å². The fraction of sp³-hybridized carbons (Fsp3) is 0.400. The molecule has 0 aliphatic carbocycles. The van der Waals surface area contributed by atoms with Gasteiger partial charge in [-0.3, -0.25) is 9.59 Å². The Hall–Kier alpha value is -1.41. The summed E-state index contributed by atoms with van der Waals surface area (Å²) in [5.74, 6) is -2.84. The lowest BCUT2D eigenvalue weighted by atomic mass is 9.98. The summed E-state index contributed by atoms with van der Waals surface area (Å²) in [5.41, 5.74) is 0.306. The number of carboxylic acids is 1. The van der Waals surface area contributed by atoms with Crippen LogP contribution in [0, 0.1) is 5.92 Å². The van der Waals surface area contributed by atoms with E-state index in [1.54, 1.807) is 32.0 Å². The van der Waals surface area contributed by atoms with E-state index in [4.69, 9.17) is 4.74 Å². The first-order valence-corrected chi connectivity index (χ1v) is 8.48. The minimum atomic E-state index is -1.20. The molecule has 0 radical (unpaired) electrons. The molecule has 6 nitrogen and oxygen atoms in total. The second kappa shape index (κ2) is 9.02. The van der Waals surface area contributed by atoms with Crippen LogP contribution in [0.4, 0.5) is 0 Å². The summed E-state index contributed by atoms with van der Waals surface area (Å²) in [6, 6.07) is 3.73. The van der Waals surface area contributed by atoms with Crippen molar-refractivity contribution in [1.29, 1.82) is 0 Å². The van der Waals surface area contributed by atoms with Gasteiger partial charge in [-0.2, -0.15) is 0 Å². The number of hydrogen-bond acceptors (Lipinski definition) is 4. The number of esters is 1. The highest BCUT2D eigenvalue weighted by atomic mass is 79.9. The number of halogens is 2. The highest BCUT2D eigenvalue weighted by molar-refractivity contribution is 9.11. The van der Waals surface area contributed by atoms with Gasteiger partial charge in [0, 0.05) is 14.5 Å². The fourth-order valence-corrected chi connectivity index (χ4v) is 3.25. The minimum Gasteiger partial charge on any atom is -0.480 e. The maximum Gasteiger partial charge on any atom is 0.326 e. The van der Waals surface area contributed by atoms with Crippen molar-refractivity contribution in [3.8, 4) is 0 Å². The Bertz CT molecular complexity index is 585. The van der Waals surface area contributed by atoms with Crippen molar-refractivity contribution in [2.75, 3.05) is 6.61 Å². The normalized spacial score (nSPS) is 13.0. The summed E-state index contributed by atoms with van der Waals surface area (Å²) in [6.07, 6.45) is -0.0900. The second-order valence-electron chi connectivity index (χ2n) is 4.93. The second-order valence-corrected chi connectivity index (χ2v) is 6.77. The molecule has 0 saturated heterocycles. The first-order valence-electron chi connectivity index (χ1n) is 6.90. The standard InChI is InChI=1S/C15H17Br2NO5/c1-3-23-12(19)4-8(2)13(15(21)22)18-14(20)9-5-10(16)7-11(17)6-9/h5-8,13H,3-4H2,1-2H3,(H,18,20)(H,21,22)/t8-,13+/m1/s1. The van der Waals surface area contributed by atoms with Crippen LogP contribution < -0.4 is 5.32 Å². The Morgan fingerprint density at radius 3 is 2.26 bits per heavy atom. The Kier molecular flexibility index (Phi) is 7.70. The van der Waals surface area contributed by atoms with Crippen LogP contribution in [0.15, 0.2) is 27.1 Å². The Morgan fingerprint density at radius 1 is 1.22 bits per heavy atom. The fourth-order valence-electron chi connectivity index (χ4n) is 1.96. The number of hydrogen-bond donors (Lipinski definition) is 2. The molecule has 1 aromatic carbocycles. The van der Waals surface area contributed by atoms with Crippen LogP contribution in [-0.4, -0.2) is 35.6 Å². The summed E-state index contributed by atoms with van der Waals surface area (Å²) < 4.78 is 6.17. The molecule has 126 valence electrons. The molecular weight excluding hydrogens is 434 g/mol. The third-order valence-corrected chi connectivity index (χ3v) is 3.96. The van der Waals surface area contributed by atoms with Gasteiger partial charge in [-0.05, 0) is 31.0 Å². The number of carbonyl (C=O) groups is 3. The zero-order valence-electron chi connectivity index (χ0n) is 12.6. The molecule has 1 aromatic rings. The van der Waals surface area contributed by atoms with Crippen molar-refractivity contribution >= 4 is 49.7 Å². The van der Waals surface area contributed by atoms with Crippen molar-refractivity contribution in [1.82, 2.24) is 5.32 Å². The van der Waals surface area contributed by atoms with Crippen LogP contribution in [0.5, 0.6) is 0 Å². The molecular formula is C15H17Br2NO5. The first kappa shape index (κ1) is 19.6. The summed E-state index contributed by atoms with van der Waals surface area (Å²) in [7, 11) is 0. The number of ether oxygens (including phenoxy) is 1. The first-order chi connectivity index (χ1) is 10.7. The molecule has 1 amide bonds. The van der Waals surface area contributed by atoms with E-state index in [-0.39, 0.29) is 13.0 Å². The summed E-state index contributed by atoms with van der Waals surface area (Å²) >= 11 is 6.54. The average molecular weight is 451 g/mol. The molecule has 2 N–H and O–H groups in total. The maximum atomic E-state index is 12.2. The lowest BCUT2D eigenvalue weighted by Gasteiger charge is -2.21. The number of aliphatic carboxylic acids is 1. The van der Waals surface area contributed by atoms with Crippen LogP contribution in [0.3, 0.4) is 0 Å². The van der Waals surface area contributed by atoms with Crippen molar-refractivity contribution in [3.63, 3.8) is 0 Å². The number of amides is 1. The maximum absolute atomic E-state index is 12.2. The van der Waals surface area contributed by atoms with E-state index in [0.717, 1.165) is 0 Å². The lowest BCUT2D eigenvalue weighted by molar-refractivity contribution is -0.145. The van der Waals surface area contributed by atoms with E-state index in [0.29, 0.717) is 14.5 Å². The van der Waals surface area contributed by atoms with E-state index in [9.17, 15) is 19.5 Å². The van der Waals surface area contributed by atoms with Crippen molar-refractivity contribution < 1.29 is 24.2 Å². The number of carboxylic acid groups (broad SMARTS) is 1. The van der Waals surface area contributed by atoms with Crippen molar-refractivity contribution in [2.45, 2.75) is 26.3 Å². The Labute approximate surface area is 150 Å². The average Bonchev–Trinajstić information content (AvgIpc) is 2.42. The number of carbonyl (C=O) groups excluding carboxylic acids is 2. The molecule has 0 aromatic heterocycles. The quantitative estimate of drug-likeness (QED) is 0.623. The Balaban J connectivity index is 2.84. The Morgan fingerprint density at radius 2 is 1.78 bits per heavy atom. The molecule has 0 spiro atoms. The molecule has 8 heteroatoms. The topological polar surface area (TPSA) is 92.7 Å². The molecule has 0 fully saturated rings. The molecule has 0 aliphatic heterocycles. The lowest BCUT2D eigenvalue weighted by Crippen LogP contribution is -2.45. The monoisotopic (exact) mass is 449 g/mol. The predicted molar refractivity (Wildman–Crippen MR) is 91.1 cm³/mol. The molecule has 0 saturated carbocycles. The number of nitrogens with one attached hydrogen (secondary N) is 1. The summed E-state index contributed by atoms with van der Waals surface area (Å²) in [5, 5.41) is 11.8. The van der Waals surface area contributed by atoms with Gasteiger partial charge in [-0.25, -0.2) is 4.79 Å². The van der Waals surface area contributed by atoms with Gasteiger partial charge in [-0.1, -0.05) is 38.8 Å². The number of rotatable bonds is 7. The largest absolute Gasteiger partial charge is 0.480 e. The van der Waals surface area contributed by atoms with Crippen LogP contribution in [0.2, 0.25) is 0 Å². The van der Waals surface area contributed by atoms with Gasteiger partial charge < -0.3 is 15.2 Å². The zero-order chi connectivity index (χ0) is 17.6. The third kappa shape index (κ3) is 6.31. The van der Waals surface area contributed by atoms with Crippen LogP contribution in [0.1, 0.15) is 30.6 Å². The SMILES string of the molecule is CCOC(=O)C[C@@H](C)[C@H](NC(=O)c1cc(Br)cc(Br)c1)C(=O)O. The van der Waals surface area contributed by atoms with E-state index in [1.165, 1.54) is 0 Å². The van der Waals surface area contributed by atoms with Crippen molar-refractivity contribution in [3.05, 3.63) is 32.7 Å². The van der Waals surface area contributed by atoms with Crippen LogP contribution in [0.25, 0.3) is 0 Å². The van der Waals surface area contributed by atoms with E-state index in [1.807, 2.05) is 0 Å². The summed E-state index contributed by atoms with van der Waals surface area (Å²) in [6.45, 7) is 3.47. The van der Waals surface area contributed by atoms with Crippen molar-refractivity contribution in [2.24, 2.45) is 5.92 Å². The van der Waals surface area contributed by atoms with Gasteiger partial charge in [0.15, 0.2) is 0 Å². The van der Waals surface area contributed by atoms with E-state index in [2.05, 4.69) is 37.2 Å². The van der Waals surface area contributed by atoms with Gasteiger partial charge in [-0.15, -0.1) is 0 Å². The molecule has 0 unspecified atom stereocenters. The van der Waals surface area contributed by atoms with Gasteiger partial charge in [0.2, 0.25) is 0 Å². The van der Waals surface area contributed by atoms with Crippen LogP contribution >= 0.6 is 31.9 Å². The molecule has 0 heterocycles. The third-order valence-electron chi connectivity index (χ3n) is 3.04. The smallest absolute Gasteiger partial charge is 0.326 e. The van der Waals surface area contributed by atoms with E-state index < -0.39 is 29.8 Å². The van der Waals surface area contributed by atoms with Gasteiger partial charge in [0.1, 0.15) is 6.04 Å². The van der Waals surface area contributed by atoms with E-state index >= 15 is 0 Å². The molecule has 1 rings (SSSR count). The molecule has 2 atom stereocenters. The van der Waals surface area contributed by atoms with Gasteiger partial charge >= 0.3 is 11.9 Å². The van der Waals surface area contributed by atoms with Gasteiger partial charge in [0.05, 0.1) is 13.0 Å². The minimum absolute atomic E-state index is 0.0900. The highest BCUT2D eigenvalue weighted by Crippen LogP contribution is 2.20. The molecule has 23 heavy (non-hydrogen) atoms. The molecule has 0 aliphatic rings. The summed E-state index contributed by atoms with van der Waals surface area (Å²) in [4.78, 5) is 35.1. The highest BCUT2D eigenvalue weighted by Gasteiger charge is 2.29. The number of benzene rings is 1. The van der Waals surface area contributed by atoms with Crippen LogP contribution in [-0.2, 0) is 14.3 Å².